The largest absolute Gasteiger partial charge is 0.376 e. The van der Waals surface area contributed by atoms with Gasteiger partial charge in [0.15, 0.2) is 0 Å². The second-order valence-corrected chi connectivity index (χ2v) is 11.7. The SMILES string of the molecule is Cc1cc(CBr)ccc1COCC(C)(C)[Si](c1ccccc1)c1ccccc1. The van der Waals surface area contributed by atoms with Gasteiger partial charge in [-0.3, -0.25) is 0 Å². The van der Waals surface area contributed by atoms with Gasteiger partial charge in [-0.05, 0) is 28.7 Å². The molecule has 0 saturated heterocycles. The van der Waals surface area contributed by atoms with Crippen molar-refractivity contribution in [3.05, 3.63) is 95.6 Å². The average Bonchev–Trinajstić information content (AvgIpc) is 2.70. The van der Waals surface area contributed by atoms with Crippen LogP contribution in [-0.4, -0.2) is 15.4 Å². The molecule has 0 amide bonds. The van der Waals surface area contributed by atoms with Gasteiger partial charge < -0.3 is 4.74 Å². The molecule has 3 aromatic carbocycles. The molecule has 145 valence electrons. The summed E-state index contributed by atoms with van der Waals surface area (Å²) >= 11 is 3.53. The Balaban J connectivity index is 1.76. The van der Waals surface area contributed by atoms with E-state index in [0.29, 0.717) is 6.61 Å². The molecule has 0 spiro atoms. The number of hydrogen-bond donors (Lipinski definition) is 0. The molecule has 0 unspecified atom stereocenters. The van der Waals surface area contributed by atoms with Gasteiger partial charge >= 0.3 is 0 Å². The first kappa shape index (κ1) is 21.0. The number of halogens is 1. The summed E-state index contributed by atoms with van der Waals surface area (Å²) in [5.41, 5.74) is 3.88. The number of hydrogen-bond acceptors (Lipinski definition) is 1. The number of ether oxygens (including phenoxy) is 1. The summed E-state index contributed by atoms with van der Waals surface area (Å²) in [7, 11) is -0.982. The zero-order chi connectivity index (χ0) is 20.0. The van der Waals surface area contributed by atoms with Crippen molar-refractivity contribution in [2.45, 2.75) is 37.7 Å². The maximum absolute atomic E-state index is 6.28. The van der Waals surface area contributed by atoms with Crippen LogP contribution in [0.15, 0.2) is 78.9 Å². The van der Waals surface area contributed by atoms with Crippen LogP contribution in [0.4, 0.5) is 0 Å². The summed E-state index contributed by atoms with van der Waals surface area (Å²) in [6, 6.07) is 28.5. The first-order chi connectivity index (χ1) is 13.5. The maximum atomic E-state index is 6.28. The molecule has 0 aliphatic heterocycles. The third kappa shape index (κ3) is 5.22. The summed E-state index contributed by atoms with van der Waals surface area (Å²) in [5, 5.41) is 3.83. The van der Waals surface area contributed by atoms with Crippen LogP contribution in [0.25, 0.3) is 0 Å². The lowest BCUT2D eigenvalue weighted by molar-refractivity contribution is 0.101. The Bertz CT molecular complexity index is 838. The normalized spacial score (nSPS) is 11.8. The molecule has 0 atom stereocenters. The van der Waals surface area contributed by atoms with Gasteiger partial charge in [-0.2, -0.15) is 0 Å². The van der Waals surface area contributed by atoms with Crippen LogP contribution in [0.1, 0.15) is 30.5 Å². The topological polar surface area (TPSA) is 9.23 Å². The Morgan fingerprint density at radius 1 is 0.857 bits per heavy atom. The van der Waals surface area contributed by atoms with Crippen molar-refractivity contribution in [1.82, 2.24) is 0 Å². The molecule has 0 aliphatic rings. The molecular weight excluding hydrogens is 424 g/mol. The summed E-state index contributed by atoms with van der Waals surface area (Å²) in [6.07, 6.45) is 0. The van der Waals surface area contributed by atoms with Crippen LogP contribution in [0, 0.1) is 6.92 Å². The highest BCUT2D eigenvalue weighted by atomic mass is 79.9. The number of alkyl halides is 1. The van der Waals surface area contributed by atoms with Crippen LogP contribution in [0.5, 0.6) is 0 Å². The van der Waals surface area contributed by atoms with Crippen molar-refractivity contribution in [2.75, 3.05) is 6.61 Å². The lowest BCUT2D eigenvalue weighted by atomic mass is 10.1. The molecule has 0 fully saturated rings. The fourth-order valence-electron chi connectivity index (χ4n) is 3.65. The number of aryl methyl sites for hydroxylation is 1. The van der Waals surface area contributed by atoms with E-state index in [9.17, 15) is 0 Å². The van der Waals surface area contributed by atoms with Gasteiger partial charge in [0.05, 0.1) is 13.2 Å². The minimum atomic E-state index is -0.982. The quantitative estimate of drug-likeness (QED) is 0.324. The zero-order valence-corrected chi connectivity index (χ0v) is 19.5. The molecule has 0 saturated carbocycles. The molecule has 1 nitrogen and oxygen atoms in total. The Labute approximate surface area is 179 Å². The van der Waals surface area contributed by atoms with Crippen LogP contribution in [0.2, 0.25) is 5.04 Å². The highest BCUT2D eigenvalue weighted by Gasteiger charge is 2.34. The Morgan fingerprint density at radius 3 is 1.93 bits per heavy atom. The van der Waals surface area contributed by atoms with Gasteiger partial charge in [0, 0.05) is 5.33 Å². The molecule has 3 heteroatoms. The van der Waals surface area contributed by atoms with Gasteiger partial charge in [0.1, 0.15) is 8.80 Å². The van der Waals surface area contributed by atoms with Gasteiger partial charge in [-0.25, -0.2) is 0 Å². The van der Waals surface area contributed by atoms with Gasteiger partial charge in [-0.1, -0.05) is 119 Å². The number of benzene rings is 3. The fourth-order valence-corrected chi connectivity index (χ4v) is 7.19. The van der Waals surface area contributed by atoms with Crippen molar-refractivity contribution in [1.29, 1.82) is 0 Å². The smallest absolute Gasteiger partial charge is 0.129 e. The van der Waals surface area contributed by atoms with E-state index < -0.39 is 8.80 Å². The minimum absolute atomic E-state index is 0.0665. The summed E-state index contributed by atoms with van der Waals surface area (Å²) < 4.78 is 6.28. The second-order valence-electron chi connectivity index (χ2n) is 7.88. The predicted molar refractivity (Wildman–Crippen MR) is 125 cm³/mol. The molecule has 3 aromatic rings. The van der Waals surface area contributed by atoms with Crippen molar-refractivity contribution >= 4 is 35.1 Å². The van der Waals surface area contributed by atoms with E-state index in [-0.39, 0.29) is 5.04 Å². The molecule has 3 rings (SSSR count). The highest BCUT2D eigenvalue weighted by Crippen LogP contribution is 2.29. The third-order valence-electron chi connectivity index (χ3n) is 5.08. The highest BCUT2D eigenvalue weighted by molar-refractivity contribution is 9.08. The fraction of sp³-hybridized carbons (Fsp3) is 0.280. The lowest BCUT2D eigenvalue weighted by Gasteiger charge is -2.33. The molecule has 1 radical (unpaired) electrons. The van der Waals surface area contributed by atoms with Crippen molar-refractivity contribution in [3.8, 4) is 0 Å². The van der Waals surface area contributed by atoms with E-state index in [1.807, 2.05) is 0 Å². The van der Waals surface area contributed by atoms with Crippen LogP contribution in [0.3, 0.4) is 0 Å². The Kier molecular flexibility index (Phi) is 7.28. The maximum Gasteiger partial charge on any atom is 0.129 e. The third-order valence-corrected chi connectivity index (χ3v) is 9.05. The molecule has 0 N–H and O–H groups in total. The predicted octanol–water partition coefficient (Wildman–Crippen LogP) is 5.50. The molecule has 0 aliphatic carbocycles. The van der Waals surface area contributed by atoms with Gasteiger partial charge in [-0.15, -0.1) is 0 Å². The molecular formula is C25H28BrOSi. The minimum Gasteiger partial charge on any atom is -0.376 e. The van der Waals surface area contributed by atoms with Crippen molar-refractivity contribution < 1.29 is 4.74 Å². The summed E-state index contributed by atoms with van der Waals surface area (Å²) in [4.78, 5) is 0. The summed E-state index contributed by atoms with van der Waals surface area (Å²) in [6.45, 7) is 8.27. The van der Waals surface area contributed by atoms with E-state index in [1.165, 1.54) is 27.1 Å². The molecule has 0 aromatic heterocycles. The molecule has 0 heterocycles. The van der Waals surface area contributed by atoms with E-state index in [0.717, 1.165) is 11.9 Å². The lowest BCUT2D eigenvalue weighted by Crippen LogP contribution is -2.51. The Hall–Kier alpha value is -1.68. The van der Waals surface area contributed by atoms with Crippen LogP contribution >= 0.6 is 15.9 Å². The van der Waals surface area contributed by atoms with E-state index in [4.69, 9.17) is 4.74 Å². The van der Waals surface area contributed by atoms with Gasteiger partial charge in [0.2, 0.25) is 0 Å². The second kappa shape index (κ2) is 9.68. The monoisotopic (exact) mass is 451 g/mol. The standard InChI is InChI=1S/C25H28BrOSi/c1-20-16-21(17-26)14-15-22(20)18-27-19-25(2,3)28(23-10-6-4-7-11-23)24-12-8-5-9-13-24/h4-16H,17-19H2,1-3H3. The van der Waals surface area contributed by atoms with Gasteiger partial charge in [0.25, 0.3) is 0 Å². The zero-order valence-electron chi connectivity index (χ0n) is 16.9. The Morgan fingerprint density at radius 2 is 1.43 bits per heavy atom. The van der Waals surface area contributed by atoms with Crippen LogP contribution < -0.4 is 10.4 Å². The first-order valence-electron chi connectivity index (χ1n) is 9.71. The van der Waals surface area contributed by atoms with Crippen molar-refractivity contribution in [2.24, 2.45) is 0 Å². The van der Waals surface area contributed by atoms with Crippen molar-refractivity contribution in [3.63, 3.8) is 0 Å². The van der Waals surface area contributed by atoms with E-state index >= 15 is 0 Å². The van der Waals surface area contributed by atoms with E-state index in [1.54, 1.807) is 0 Å². The number of rotatable bonds is 8. The molecule has 0 bridgehead atoms. The first-order valence-corrected chi connectivity index (χ1v) is 12.3. The molecule has 28 heavy (non-hydrogen) atoms. The average molecular weight is 452 g/mol. The van der Waals surface area contributed by atoms with E-state index in [2.05, 4.69) is 116 Å². The summed E-state index contributed by atoms with van der Waals surface area (Å²) in [5.74, 6) is 0. The van der Waals surface area contributed by atoms with Crippen LogP contribution in [-0.2, 0) is 16.7 Å².